The summed E-state index contributed by atoms with van der Waals surface area (Å²) in [6.45, 7) is 2.43. The van der Waals surface area contributed by atoms with Gasteiger partial charge in [0.25, 0.3) is 0 Å². The van der Waals surface area contributed by atoms with E-state index >= 15 is 0 Å². The number of halogens is 3. The number of hydrogen-bond donors (Lipinski definition) is 1. The minimum atomic E-state index is -3.58. The normalized spacial score (nSPS) is 16.0. The fourth-order valence-electron chi connectivity index (χ4n) is 3.34. The van der Waals surface area contributed by atoms with Crippen LogP contribution in [0.25, 0.3) is 0 Å². The van der Waals surface area contributed by atoms with Gasteiger partial charge in [-0.25, -0.2) is 12.7 Å². The summed E-state index contributed by atoms with van der Waals surface area (Å²) >= 11 is 18.2. The molecule has 0 atom stereocenters. The Labute approximate surface area is 186 Å². The number of hydrogen-bond acceptors (Lipinski definition) is 3. The van der Waals surface area contributed by atoms with Gasteiger partial charge in [-0.15, -0.1) is 0 Å². The van der Waals surface area contributed by atoms with Crippen LogP contribution in [0.5, 0.6) is 0 Å². The van der Waals surface area contributed by atoms with E-state index < -0.39 is 10.0 Å². The number of carbonyl (C=O) groups is 1. The van der Waals surface area contributed by atoms with Gasteiger partial charge in [-0.3, -0.25) is 4.79 Å². The third kappa shape index (κ3) is 5.44. The fourth-order valence-corrected chi connectivity index (χ4v) is 5.88. The van der Waals surface area contributed by atoms with E-state index in [-0.39, 0.29) is 30.7 Å². The van der Waals surface area contributed by atoms with Gasteiger partial charge < -0.3 is 5.32 Å². The molecule has 0 unspecified atom stereocenters. The number of anilines is 1. The molecule has 29 heavy (non-hydrogen) atoms. The number of amides is 1. The molecule has 0 bridgehead atoms. The second-order valence-corrected chi connectivity index (χ2v) is 10.3. The molecule has 2 aromatic carbocycles. The van der Waals surface area contributed by atoms with Crippen molar-refractivity contribution in [2.75, 3.05) is 18.4 Å². The summed E-state index contributed by atoms with van der Waals surface area (Å²) in [6, 6.07) is 10.2. The molecule has 1 fully saturated rings. The van der Waals surface area contributed by atoms with Crippen molar-refractivity contribution in [2.45, 2.75) is 25.5 Å². The Morgan fingerprint density at radius 2 is 1.72 bits per heavy atom. The number of nitrogens with zero attached hydrogens (tertiary/aromatic N) is 1. The van der Waals surface area contributed by atoms with Crippen molar-refractivity contribution in [3.63, 3.8) is 0 Å². The number of aryl methyl sites for hydroxylation is 1. The van der Waals surface area contributed by atoms with Gasteiger partial charge in [0.05, 0.1) is 5.75 Å². The zero-order chi connectivity index (χ0) is 21.2. The Morgan fingerprint density at radius 1 is 1.10 bits per heavy atom. The topological polar surface area (TPSA) is 66.5 Å². The summed E-state index contributed by atoms with van der Waals surface area (Å²) < 4.78 is 27.0. The molecule has 1 heterocycles. The second-order valence-electron chi connectivity index (χ2n) is 7.08. The van der Waals surface area contributed by atoms with Gasteiger partial charge in [0, 0.05) is 45.3 Å². The van der Waals surface area contributed by atoms with Gasteiger partial charge in [0.15, 0.2) is 0 Å². The number of carbonyl (C=O) groups excluding carboxylic acids is 1. The van der Waals surface area contributed by atoms with Gasteiger partial charge in [-0.05, 0) is 55.7 Å². The molecule has 0 saturated carbocycles. The molecule has 3 rings (SSSR count). The number of nitrogens with one attached hydrogen (secondary N) is 1. The second kappa shape index (κ2) is 9.23. The van der Waals surface area contributed by atoms with Crippen LogP contribution < -0.4 is 5.32 Å². The lowest BCUT2D eigenvalue weighted by molar-refractivity contribution is -0.120. The van der Waals surface area contributed by atoms with E-state index in [9.17, 15) is 13.2 Å². The van der Waals surface area contributed by atoms with Crippen molar-refractivity contribution in [3.8, 4) is 0 Å². The monoisotopic (exact) mass is 474 g/mol. The highest BCUT2D eigenvalue weighted by molar-refractivity contribution is 7.88. The lowest BCUT2D eigenvalue weighted by Crippen LogP contribution is -2.42. The fraction of sp³-hybridized carbons (Fsp3) is 0.350. The molecule has 2 aromatic rings. The molecule has 1 aliphatic rings. The molecular formula is C20H21Cl3N2O3S. The lowest BCUT2D eigenvalue weighted by Gasteiger charge is -2.30. The highest BCUT2D eigenvalue weighted by Gasteiger charge is 2.32. The van der Waals surface area contributed by atoms with E-state index in [1.165, 1.54) is 4.31 Å². The molecule has 5 nitrogen and oxygen atoms in total. The van der Waals surface area contributed by atoms with Crippen molar-refractivity contribution >= 4 is 56.4 Å². The van der Waals surface area contributed by atoms with Crippen LogP contribution in [0.2, 0.25) is 15.1 Å². The van der Waals surface area contributed by atoms with E-state index in [0.29, 0.717) is 39.2 Å². The van der Waals surface area contributed by atoms with Crippen molar-refractivity contribution in [1.29, 1.82) is 0 Å². The minimum absolute atomic E-state index is 0.110. The van der Waals surface area contributed by atoms with Crippen molar-refractivity contribution < 1.29 is 13.2 Å². The summed E-state index contributed by atoms with van der Waals surface area (Å²) in [5.41, 5.74) is 1.99. The van der Waals surface area contributed by atoms with Gasteiger partial charge in [0.2, 0.25) is 15.9 Å². The number of sulfonamides is 1. The van der Waals surface area contributed by atoms with E-state index in [2.05, 4.69) is 5.32 Å². The summed E-state index contributed by atoms with van der Waals surface area (Å²) in [4.78, 5) is 12.6. The third-order valence-corrected chi connectivity index (χ3v) is 7.80. The largest absolute Gasteiger partial charge is 0.326 e. The van der Waals surface area contributed by atoms with Crippen molar-refractivity contribution in [2.24, 2.45) is 5.92 Å². The first kappa shape index (κ1) is 22.4. The van der Waals surface area contributed by atoms with Gasteiger partial charge in [-0.1, -0.05) is 40.9 Å². The molecule has 156 valence electrons. The Morgan fingerprint density at radius 3 is 2.31 bits per heavy atom. The maximum absolute atomic E-state index is 12.8. The summed E-state index contributed by atoms with van der Waals surface area (Å²) in [7, 11) is -3.58. The summed E-state index contributed by atoms with van der Waals surface area (Å²) in [5, 5.41) is 4.18. The summed E-state index contributed by atoms with van der Waals surface area (Å²) in [5.74, 6) is -0.617. The number of benzene rings is 2. The van der Waals surface area contributed by atoms with Crippen LogP contribution in [0.4, 0.5) is 5.69 Å². The van der Waals surface area contributed by atoms with E-state index in [1.807, 2.05) is 6.92 Å². The van der Waals surface area contributed by atoms with Crippen molar-refractivity contribution in [1.82, 2.24) is 4.31 Å². The quantitative estimate of drug-likeness (QED) is 0.651. The standard InChI is InChI=1S/C20H21Cl3N2O3S/c1-13-11-15(21)5-6-19(13)24-20(26)14-7-9-25(10-8-14)29(27,28)12-16-17(22)3-2-4-18(16)23/h2-6,11,14H,7-10,12H2,1H3,(H,24,26). The Bertz CT molecular complexity index is 999. The van der Waals surface area contributed by atoms with Gasteiger partial charge in [0.1, 0.15) is 0 Å². The van der Waals surface area contributed by atoms with Gasteiger partial charge >= 0.3 is 0 Å². The molecule has 9 heteroatoms. The molecule has 0 radical (unpaired) electrons. The van der Waals surface area contributed by atoms with Crippen LogP contribution >= 0.6 is 34.8 Å². The third-order valence-electron chi connectivity index (χ3n) is 5.05. The molecular weight excluding hydrogens is 455 g/mol. The smallest absolute Gasteiger partial charge is 0.227 e. The van der Waals surface area contributed by atoms with Crippen LogP contribution in [0.15, 0.2) is 36.4 Å². The lowest BCUT2D eigenvalue weighted by atomic mass is 9.97. The van der Waals surface area contributed by atoms with Crippen LogP contribution in [-0.4, -0.2) is 31.7 Å². The molecule has 1 N–H and O–H groups in total. The highest BCUT2D eigenvalue weighted by atomic mass is 35.5. The Kier molecular flexibility index (Phi) is 7.12. The molecule has 1 aliphatic heterocycles. The zero-order valence-corrected chi connectivity index (χ0v) is 18.9. The number of piperidine rings is 1. The van der Waals surface area contributed by atoms with E-state index in [1.54, 1.807) is 36.4 Å². The van der Waals surface area contributed by atoms with Gasteiger partial charge in [-0.2, -0.15) is 0 Å². The Hall–Kier alpha value is -1.31. The maximum Gasteiger partial charge on any atom is 0.227 e. The first-order valence-electron chi connectivity index (χ1n) is 9.15. The molecule has 0 spiro atoms. The van der Waals surface area contributed by atoms with Crippen molar-refractivity contribution in [3.05, 3.63) is 62.6 Å². The molecule has 0 aromatic heterocycles. The summed E-state index contributed by atoms with van der Waals surface area (Å²) in [6.07, 6.45) is 0.905. The SMILES string of the molecule is Cc1cc(Cl)ccc1NC(=O)C1CCN(S(=O)(=O)Cc2c(Cl)cccc2Cl)CC1. The maximum atomic E-state index is 12.8. The average Bonchev–Trinajstić information content (AvgIpc) is 2.67. The molecule has 1 saturated heterocycles. The number of rotatable bonds is 5. The van der Waals surface area contributed by atoms with Crippen LogP contribution in [0, 0.1) is 12.8 Å². The average molecular weight is 476 g/mol. The first-order chi connectivity index (χ1) is 13.7. The minimum Gasteiger partial charge on any atom is -0.326 e. The Balaban J connectivity index is 1.61. The zero-order valence-electron chi connectivity index (χ0n) is 15.8. The predicted molar refractivity (Wildman–Crippen MR) is 118 cm³/mol. The first-order valence-corrected chi connectivity index (χ1v) is 11.9. The highest BCUT2D eigenvalue weighted by Crippen LogP contribution is 2.29. The van der Waals surface area contributed by atoms with E-state index in [0.717, 1.165) is 5.56 Å². The van der Waals surface area contributed by atoms with Crippen LogP contribution in [-0.2, 0) is 20.6 Å². The van der Waals surface area contributed by atoms with E-state index in [4.69, 9.17) is 34.8 Å². The van der Waals surface area contributed by atoms with Crippen LogP contribution in [0.1, 0.15) is 24.0 Å². The predicted octanol–water partition coefficient (Wildman–Crippen LogP) is 5.14. The molecule has 1 amide bonds. The van der Waals surface area contributed by atoms with Crippen LogP contribution in [0.3, 0.4) is 0 Å². The molecule has 0 aliphatic carbocycles.